The molecule has 0 aliphatic carbocycles. The molecule has 82 valence electrons. The van der Waals surface area contributed by atoms with Crippen molar-refractivity contribution >= 4 is 11.6 Å². The maximum Gasteiger partial charge on any atom is 0.168 e. The summed E-state index contributed by atoms with van der Waals surface area (Å²) >= 11 is 0. The second kappa shape index (κ2) is 3.66. The molecule has 0 saturated heterocycles. The topological polar surface area (TPSA) is 72.9 Å². The lowest BCUT2D eigenvalue weighted by Crippen LogP contribution is -2.37. The zero-order valence-electron chi connectivity index (χ0n) is 9.08. The number of Topliss-reactive ketones (excluding diaryl/α,β-unsaturated/α-hetero) is 1. The molecule has 1 atom stereocenters. The molecule has 1 aliphatic heterocycles. The van der Waals surface area contributed by atoms with E-state index in [9.17, 15) is 4.79 Å². The van der Waals surface area contributed by atoms with Gasteiger partial charge in [0, 0.05) is 19.0 Å². The van der Waals surface area contributed by atoms with Gasteiger partial charge in [-0.05, 0) is 6.92 Å². The number of anilines is 1. The van der Waals surface area contributed by atoms with Gasteiger partial charge in [0.25, 0.3) is 0 Å². The van der Waals surface area contributed by atoms with Crippen LogP contribution in [0.15, 0.2) is 0 Å². The molecule has 5 heteroatoms. The number of carbonyl (C=O) groups is 1. The molecule has 0 fully saturated rings. The molecule has 0 radical (unpaired) electrons. The fourth-order valence-electron chi connectivity index (χ4n) is 1.92. The van der Waals surface area contributed by atoms with Crippen LogP contribution in [0.2, 0.25) is 0 Å². The molecule has 0 spiro atoms. The van der Waals surface area contributed by atoms with Crippen LogP contribution in [-0.4, -0.2) is 21.6 Å². The largest absolute Gasteiger partial charge is 0.382 e. The number of nitrogens with one attached hydrogen (secondary N) is 1. The van der Waals surface area contributed by atoms with Crippen molar-refractivity contribution in [3.8, 4) is 0 Å². The molecule has 0 aromatic carbocycles. The minimum Gasteiger partial charge on any atom is -0.382 e. The van der Waals surface area contributed by atoms with E-state index in [0.717, 1.165) is 12.2 Å². The maximum absolute atomic E-state index is 11.7. The summed E-state index contributed by atoms with van der Waals surface area (Å²) in [4.78, 5) is 11.7. The Morgan fingerprint density at radius 2 is 2.47 bits per heavy atom. The smallest absolute Gasteiger partial charge is 0.168 e. The number of nitrogen functional groups attached to an aromatic ring is 1. The summed E-state index contributed by atoms with van der Waals surface area (Å²) in [6.45, 7) is 5.37. The first-order chi connectivity index (χ1) is 7.13. The van der Waals surface area contributed by atoms with E-state index in [-0.39, 0.29) is 5.78 Å². The van der Waals surface area contributed by atoms with Gasteiger partial charge in [0.2, 0.25) is 0 Å². The first-order valence-electron chi connectivity index (χ1n) is 5.25. The van der Waals surface area contributed by atoms with Crippen LogP contribution in [0.4, 0.5) is 5.82 Å². The van der Waals surface area contributed by atoms with Crippen molar-refractivity contribution in [2.75, 3.05) is 5.73 Å². The SMILES string of the molecule is CCC(=O)c1c(N)nn2c1CNC(C)C2. The highest BCUT2D eigenvalue weighted by molar-refractivity contribution is 6.01. The molecule has 0 saturated carbocycles. The molecular formula is C10H16N4O. The molecule has 1 aliphatic rings. The first-order valence-corrected chi connectivity index (χ1v) is 5.25. The van der Waals surface area contributed by atoms with Gasteiger partial charge in [-0.1, -0.05) is 6.92 Å². The van der Waals surface area contributed by atoms with E-state index in [1.807, 2.05) is 11.6 Å². The Kier molecular flexibility index (Phi) is 2.48. The molecule has 0 bridgehead atoms. The van der Waals surface area contributed by atoms with Crippen molar-refractivity contribution in [3.05, 3.63) is 11.3 Å². The molecule has 5 nitrogen and oxygen atoms in total. The van der Waals surface area contributed by atoms with Crippen LogP contribution in [0.25, 0.3) is 0 Å². The van der Waals surface area contributed by atoms with Gasteiger partial charge in [0.15, 0.2) is 11.6 Å². The van der Waals surface area contributed by atoms with Crippen molar-refractivity contribution < 1.29 is 4.79 Å². The van der Waals surface area contributed by atoms with E-state index in [4.69, 9.17) is 5.73 Å². The molecule has 2 heterocycles. The molecule has 15 heavy (non-hydrogen) atoms. The van der Waals surface area contributed by atoms with Crippen LogP contribution in [0.3, 0.4) is 0 Å². The number of hydrogen-bond acceptors (Lipinski definition) is 4. The summed E-state index contributed by atoms with van der Waals surface area (Å²) in [5.41, 5.74) is 7.30. The zero-order valence-corrected chi connectivity index (χ0v) is 9.08. The van der Waals surface area contributed by atoms with Crippen LogP contribution in [-0.2, 0) is 13.1 Å². The second-order valence-electron chi connectivity index (χ2n) is 3.95. The summed E-state index contributed by atoms with van der Waals surface area (Å²) in [6.07, 6.45) is 0.471. The third-order valence-corrected chi connectivity index (χ3v) is 2.75. The standard InChI is InChI=1S/C10H16N4O/c1-3-8(15)9-7-4-12-6(2)5-14(7)13-10(9)11/h6,12H,3-5H2,1-2H3,(H2,11,13). The number of hydrogen-bond donors (Lipinski definition) is 2. The first kappa shape index (κ1) is 10.2. The Bertz CT molecular complexity index is 396. The highest BCUT2D eigenvalue weighted by atomic mass is 16.1. The average molecular weight is 208 g/mol. The summed E-state index contributed by atoms with van der Waals surface area (Å²) in [5, 5.41) is 7.51. The van der Waals surface area contributed by atoms with Crippen molar-refractivity contribution in [1.29, 1.82) is 0 Å². The monoisotopic (exact) mass is 208 g/mol. The number of carbonyl (C=O) groups excluding carboxylic acids is 1. The predicted octanol–water partition coefficient (Wildman–Crippen LogP) is 0.550. The Labute approximate surface area is 88.6 Å². The van der Waals surface area contributed by atoms with Crippen molar-refractivity contribution in [1.82, 2.24) is 15.1 Å². The third kappa shape index (κ3) is 1.63. The highest BCUT2D eigenvalue weighted by Crippen LogP contribution is 2.21. The quantitative estimate of drug-likeness (QED) is 0.696. The van der Waals surface area contributed by atoms with E-state index in [1.54, 1.807) is 0 Å². The Morgan fingerprint density at radius 3 is 3.13 bits per heavy atom. The molecule has 1 aromatic heterocycles. The van der Waals surface area contributed by atoms with Gasteiger partial charge in [-0.15, -0.1) is 0 Å². The van der Waals surface area contributed by atoms with Gasteiger partial charge in [-0.25, -0.2) is 0 Å². The molecular weight excluding hydrogens is 192 g/mol. The molecule has 1 aromatic rings. The average Bonchev–Trinajstić information content (AvgIpc) is 2.52. The fraction of sp³-hybridized carbons (Fsp3) is 0.600. The zero-order chi connectivity index (χ0) is 11.0. The number of fused-ring (bicyclic) bond motifs is 1. The van der Waals surface area contributed by atoms with Crippen LogP contribution >= 0.6 is 0 Å². The maximum atomic E-state index is 11.7. The van der Waals surface area contributed by atoms with E-state index in [2.05, 4.69) is 17.3 Å². The number of rotatable bonds is 2. The van der Waals surface area contributed by atoms with E-state index in [0.29, 0.717) is 30.4 Å². The van der Waals surface area contributed by atoms with Gasteiger partial charge in [-0.2, -0.15) is 5.10 Å². The van der Waals surface area contributed by atoms with Crippen molar-refractivity contribution in [2.24, 2.45) is 0 Å². The van der Waals surface area contributed by atoms with Gasteiger partial charge in [0.05, 0.1) is 17.8 Å². The lowest BCUT2D eigenvalue weighted by Gasteiger charge is -2.21. The number of nitrogens with two attached hydrogens (primary N) is 1. The molecule has 3 N–H and O–H groups in total. The Morgan fingerprint density at radius 1 is 1.73 bits per heavy atom. The van der Waals surface area contributed by atoms with Crippen LogP contribution in [0.1, 0.15) is 36.3 Å². The van der Waals surface area contributed by atoms with Crippen LogP contribution < -0.4 is 11.1 Å². The van der Waals surface area contributed by atoms with E-state index in [1.165, 1.54) is 0 Å². The Hall–Kier alpha value is -1.36. The molecule has 0 amide bonds. The minimum absolute atomic E-state index is 0.0742. The van der Waals surface area contributed by atoms with Crippen molar-refractivity contribution in [3.63, 3.8) is 0 Å². The highest BCUT2D eigenvalue weighted by Gasteiger charge is 2.24. The van der Waals surface area contributed by atoms with Gasteiger partial charge in [0.1, 0.15) is 0 Å². The van der Waals surface area contributed by atoms with Crippen LogP contribution in [0, 0.1) is 0 Å². The third-order valence-electron chi connectivity index (χ3n) is 2.75. The number of aromatic nitrogens is 2. The summed E-state index contributed by atoms with van der Waals surface area (Å²) in [7, 11) is 0. The summed E-state index contributed by atoms with van der Waals surface area (Å²) in [5.74, 6) is 0.442. The van der Waals surface area contributed by atoms with Crippen molar-refractivity contribution in [2.45, 2.75) is 39.4 Å². The predicted molar refractivity (Wildman–Crippen MR) is 57.6 cm³/mol. The lowest BCUT2D eigenvalue weighted by molar-refractivity contribution is 0.0987. The summed E-state index contributed by atoms with van der Waals surface area (Å²) in [6, 6.07) is 0.376. The second-order valence-corrected chi connectivity index (χ2v) is 3.95. The summed E-state index contributed by atoms with van der Waals surface area (Å²) < 4.78 is 1.85. The Balaban J connectivity index is 2.44. The lowest BCUT2D eigenvalue weighted by atomic mass is 10.1. The normalized spacial score (nSPS) is 20.0. The van der Waals surface area contributed by atoms with Gasteiger partial charge >= 0.3 is 0 Å². The molecule has 2 rings (SSSR count). The van der Waals surface area contributed by atoms with Gasteiger partial charge < -0.3 is 11.1 Å². The minimum atomic E-state index is 0.0742. The van der Waals surface area contributed by atoms with Gasteiger partial charge in [-0.3, -0.25) is 9.48 Å². The molecule has 1 unspecified atom stereocenters. The fourth-order valence-corrected chi connectivity index (χ4v) is 1.92. The number of ketones is 1. The van der Waals surface area contributed by atoms with Crippen LogP contribution in [0.5, 0.6) is 0 Å². The number of nitrogens with zero attached hydrogens (tertiary/aromatic N) is 2. The van der Waals surface area contributed by atoms with E-state index >= 15 is 0 Å². The van der Waals surface area contributed by atoms with E-state index < -0.39 is 0 Å².